The Labute approximate surface area is 166 Å². The molecular formula is C21H17ClFN3O2. The highest BCUT2D eigenvalue weighted by Crippen LogP contribution is 2.28. The van der Waals surface area contributed by atoms with Gasteiger partial charge >= 0.3 is 0 Å². The number of carbonyl (C=O) groups is 1. The number of rotatable bonds is 3. The van der Waals surface area contributed by atoms with Gasteiger partial charge in [-0.15, -0.1) is 0 Å². The molecule has 1 aliphatic rings. The molecule has 3 aromatic rings. The van der Waals surface area contributed by atoms with Crippen molar-refractivity contribution in [2.45, 2.75) is 19.8 Å². The highest BCUT2D eigenvalue weighted by Gasteiger charge is 2.22. The molecule has 0 radical (unpaired) electrons. The minimum Gasteiger partial charge on any atom is -0.312 e. The summed E-state index contributed by atoms with van der Waals surface area (Å²) < 4.78 is 14.6. The highest BCUT2D eigenvalue weighted by molar-refractivity contribution is 6.30. The number of anilines is 1. The molecule has 0 saturated carbocycles. The second kappa shape index (κ2) is 7.20. The molecule has 2 heterocycles. The number of aryl methyl sites for hydroxylation is 1. The molecule has 0 N–H and O–H groups in total. The predicted octanol–water partition coefficient (Wildman–Crippen LogP) is 4.13. The Morgan fingerprint density at radius 2 is 1.89 bits per heavy atom. The van der Waals surface area contributed by atoms with Gasteiger partial charge in [0.1, 0.15) is 5.82 Å². The van der Waals surface area contributed by atoms with Crippen LogP contribution in [0.5, 0.6) is 0 Å². The maximum absolute atomic E-state index is 13.4. The second-order valence-electron chi connectivity index (χ2n) is 6.69. The van der Waals surface area contributed by atoms with Crippen molar-refractivity contribution in [2.75, 3.05) is 11.4 Å². The first-order valence-electron chi connectivity index (χ1n) is 8.91. The van der Waals surface area contributed by atoms with E-state index in [0.29, 0.717) is 29.9 Å². The number of amides is 1. The quantitative estimate of drug-likeness (QED) is 0.667. The fraction of sp³-hybridized carbons (Fsp3) is 0.190. The highest BCUT2D eigenvalue weighted by atomic mass is 35.5. The zero-order chi connectivity index (χ0) is 19.8. The van der Waals surface area contributed by atoms with Gasteiger partial charge in [-0.25, -0.2) is 4.39 Å². The maximum atomic E-state index is 13.4. The van der Waals surface area contributed by atoms with Crippen LogP contribution in [-0.4, -0.2) is 22.2 Å². The van der Waals surface area contributed by atoms with Gasteiger partial charge in [0.25, 0.3) is 5.56 Å². The Bertz CT molecular complexity index is 1140. The lowest BCUT2D eigenvalue weighted by Crippen LogP contribution is -2.23. The average Bonchev–Trinajstić information content (AvgIpc) is 3.11. The topological polar surface area (TPSA) is 55.2 Å². The lowest BCUT2D eigenvalue weighted by molar-refractivity contribution is -0.117. The molecule has 1 aromatic heterocycles. The second-order valence-corrected chi connectivity index (χ2v) is 7.10. The van der Waals surface area contributed by atoms with E-state index in [1.165, 1.54) is 28.9 Å². The molecule has 2 aromatic carbocycles. The lowest BCUT2D eigenvalue weighted by atomic mass is 10.0. The van der Waals surface area contributed by atoms with Crippen LogP contribution in [0.1, 0.15) is 18.5 Å². The fourth-order valence-corrected chi connectivity index (χ4v) is 3.57. The van der Waals surface area contributed by atoms with Gasteiger partial charge in [0, 0.05) is 30.3 Å². The third kappa shape index (κ3) is 3.31. The zero-order valence-corrected chi connectivity index (χ0v) is 15.9. The normalized spacial score (nSPS) is 14.0. The molecule has 28 heavy (non-hydrogen) atoms. The van der Waals surface area contributed by atoms with E-state index in [4.69, 9.17) is 11.6 Å². The third-order valence-corrected chi connectivity index (χ3v) is 5.10. The van der Waals surface area contributed by atoms with Crippen molar-refractivity contribution in [1.29, 1.82) is 0 Å². The van der Waals surface area contributed by atoms with Crippen LogP contribution in [0.15, 0.2) is 53.3 Å². The first kappa shape index (κ1) is 18.4. The molecule has 7 heteroatoms. The number of halogens is 2. The van der Waals surface area contributed by atoms with Gasteiger partial charge in [-0.2, -0.15) is 9.78 Å². The number of benzene rings is 2. The van der Waals surface area contributed by atoms with Gasteiger partial charge in [0.15, 0.2) is 0 Å². The summed E-state index contributed by atoms with van der Waals surface area (Å²) in [7, 11) is 0. The van der Waals surface area contributed by atoms with Crippen LogP contribution >= 0.6 is 11.6 Å². The van der Waals surface area contributed by atoms with E-state index >= 15 is 0 Å². The largest absolute Gasteiger partial charge is 0.312 e. The van der Waals surface area contributed by atoms with Gasteiger partial charge in [0.2, 0.25) is 5.91 Å². The van der Waals surface area contributed by atoms with Crippen LogP contribution in [0.25, 0.3) is 16.8 Å². The number of carbonyl (C=O) groups excluding carboxylic acids is 1. The molecule has 1 aliphatic heterocycles. The van der Waals surface area contributed by atoms with E-state index in [2.05, 4.69) is 5.10 Å². The molecule has 1 saturated heterocycles. The van der Waals surface area contributed by atoms with Gasteiger partial charge < -0.3 is 4.90 Å². The van der Waals surface area contributed by atoms with E-state index in [-0.39, 0.29) is 16.5 Å². The molecular weight excluding hydrogens is 381 g/mol. The van der Waals surface area contributed by atoms with E-state index in [0.717, 1.165) is 17.7 Å². The lowest BCUT2D eigenvalue weighted by Gasteiger charge is -2.17. The smallest absolute Gasteiger partial charge is 0.272 e. The van der Waals surface area contributed by atoms with Crippen molar-refractivity contribution in [1.82, 2.24) is 9.78 Å². The zero-order valence-electron chi connectivity index (χ0n) is 15.2. The maximum Gasteiger partial charge on any atom is 0.272 e. The van der Waals surface area contributed by atoms with E-state index < -0.39 is 5.82 Å². The molecule has 0 spiro atoms. The average molecular weight is 398 g/mol. The summed E-state index contributed by atoms with van der Waals surface area (Å²) in [6.45, 7) is 2.50. The Morgan fingerprint density at radius 1 is 1.07 bits per heavy atom. The van der Waals surface area contributed by atoms with Crippen LogP contribution in [-0.2, 0) is 4.79 Å². The SMILES string of the molecule is Cc1nn(-c2ccc(F)c(Cl)c2)c(=O)cc1-c1cccc(N2CCCC2=O)c1. The molecule has 0 bridgehead atoms. The molecule has 0 unspecified atom stereocenters. The first-order valence-corrected chi connectivity index (χ1v) is 9.29. The predicted molar refractivity (Wildman–Crippen MR) is 107 cm³/mol. The summed E-state index contributed by atoms with van der Waals surface area (Å²) in [6.07, 6.45) is 1.40. The van der Waals surface area contributed by atoms with Crippen LogP contribution in [0.2, 0.25) is 5.02 Å². The standard InChI is InChI=1S/C21H17ClFN3O2/c1-13-17(14-4-2-5-15(10-14)25-9-3-6-20(25)27)12-21(28)26(24-13)16-7-8-19(23)18(22)11-16/h2,4-5,7-8,10-12H,3,6,9H2,1H3. The monoisotopic (exact) mass is 397 g/mol. The summed E-state index contributed by atoms with van der Waals surface area (Å²) >= 11 is 5.82. The number of aromatic nitrogens is 2. The number of hydrogen-bond donors (Lipinski definition) is 0. The van der Waals surface area contributed by atoms with Crippen molar-refractivity contribution >= 4 is 23.2 Å². The Hall–Kier alpha value is -2.99. The van der Waals surface area contributed by atoms with Crippen LogP contribution in [0.4, 0.5) is 10.1 Å². The summed E-state index contributed by atoms with van der Waals surface area (Å²) in [4.78, 5) is 26.4. The minimum absolute atomic E-state index is 0.0732. The van der Waals surface area contributed by atoms with Crippen LogP contribution < -0.4 is 10.5 Å². The van der Waals surface area contributed by atoms with Gasteiger partial charge in [-0.3, -0.25) is 9.59 Å². The molecule has 1 fully saturated rings. The van der Waals surface area contributed by atoms with Gasteiger partial charge in [-0.1, -0.05) is 23.7 Å². The summed E-state index contributed by atoms with van der Waals surface area (Å²) in [5.41, 5.74) is 2.97. The third-order valence-electron chi connectivity index (χ3n) is 4.81. The summed E-state index contributed by atoms with van der Waals surface area (Å²) in [6, 6.07) is 13.0. The molecule has 0 aliphatic carbocycles. The van der Waals surface area contributed by atoms with E-state index in [1.54, 1.807) is 11.8 Å². The first-order chi connectivity index (χ1) is 13.4. The Morgan fingerprint density at radius 3 is 2.61 bits per heavy atom. The number of nitrogens with zero attached hydrogens (tertiary/aromatic N) is 3. The van der Waals surface area contributed by atoms with Gasteiger partial charge in [-0.05, 0) is 49.2 Å². The molecule has 142 valence electrons. The molecule has 0 atom stereocenters. The summed E-state index contributed by atoms with van der Waals surface area (Å²) in [5.74, 6) is -0.448. The molecule has 1 amide bonds. The minimum atomic E-state index is -0.555. The van der Waals surface area contributed by atoms with Crippen molar-refractivity contribution in [2.24, 2.45) is 0 Å². The van der Waals surface area contributed by atoms with Crippen molar-refractivity contribution in [3.05, 3.63) is 75.4 Å². The van der Waals surface area contributed by atoms with Crippen molar-refractivity contribution in [3.8, 4) is 16.8 Å². The number of hydrogen-bond acceptors (Lipinski definition) is 3. The van der Waals surface area contributed by atoms with Crippen molar-refractivity contribution < 1.29 is 9.18 Å². The van der Waals surface area contributed by atoms with Crippen molar-refractivity contribution in [3.63, 3.8) is 0 Å². The van der Waals surface area contributed by atoms with E-state index in [9.17, 15) is 14.0 Å². The fourth-order valence-electron chi connectivity index (χ4n) is 3.40. The summed E-state index contributed by atoms with van der Waals surface area (Å²) in [5, 5.41) is 4.30. The Kier molecular flexibility index (Phi) is 4.73. The van der Waals surface area contributed by atoms with E-state index in [1.807, 2.05) is 24.3 Å². The van der Waals surface area contributed by atoms with Crippen LogP contribution in [0, 0.1) is 12.7 Å². The molecule has 5 nitrogen and oxygen atoms in total. The molecule has 4 rings (SSSR count). The Balaban J connectivity index is 1.76. The van der Waals surface area contributed by atoms with Gasteiger partial charge in [0.05, 0.1) is 16.4 Å². The van der Waals surface area contributed by atoms with Crippen LogP contribution in [0.3, 0.4) is 0 Å².